The van der Waals surface area contributed by atoms with Gasteiger partial charge in [0.05, 0.1) is 12.8 Å². The lowest BCUT2D eigenvalue weighted by atomic mass is 10.3. The number of urea groups is 1. The van der Waals surface area contributed by atoms with Gasteiger partial charge in [0.2, 0.25) is 0 Å². The van der Waals surface area contributed by atoms with E-state index in [2.05, 4.69) is 33.1 Å². The summed E-state index contributed by atoms with van der Waals surface area (Å²) in [5, 5.41) is 5.30. The molecule has 0 aromatic heterocycles. The normalized spacial score (nSPS) is 9.38. The van der Waals surface area contributed by atoms with Gasteiger partial charge in [-0.1, -0.05) is 22.0 Å². The van der Waals surface area contributed by atoms with Crippen LogP contribution >= 0.6 is 15.9 Å². The molecule has 0 fully saturated rings. The summed E-state index contributed by atoms with van der Waals surface area (Å²) < 4.78 is 5.99. The van der Waals surface area contributed by atoms with Gasteiger partial charge in [0, 0.05) is 11.0 Å². The highest BCUT2D eigenvalue weighted by molar-refractivity contribution is 9.10. The highest BCUT2D eigenvalue weighted by Crippen LogP contribution is 2.27. The van der Waals surface area contributed by atoms with Gasteiger partial charge in [-0.3, -0.25) is 0 Å². The second-order valence-electron chi connectivity index (χ2n) is 2.97. The fraction of sp³-hybridized carbons (Fsp3) is 0.182. The van der Waals surface area contributed by atoms with Gasteiger partial charge < -0.3 is 15.4 Å². The summed E-state index contributed by atoms with van der Waals surface area (Å²) in [6.07, 6.45) is 1.61. The van der Waals surface area contributed by atoms with Crippen LogP contribution in [-0.4, -0.2) is 19.7 Å². The Morgan fingerprint density at radius 2 is 2.38 bits per heavy atom. The summed E-state index contributed by atoms with van der Waals surface area (Å²) in [4.78, 5) is 11.4. The summed E-state index contributed by atoms with van der Waals surface area (Å²) in [6, 6.07) is 5.09. The second kappa shape index (κ2) is 6.17. The van der Waals surface area contributed by atoms with Crippen LogP contribution < -0.4 is 15.4 Å². The molecule has 0 aliphatic heterocycles. The topological polar surface area (TPSA) is 50.4 Å². The van der Waals surface area contributed by atoms with Crippen molar-refractivity contribution in [3.05, 3.63) is 35.3 Å². The largest absolute Gasteiger partial charge is 0.495 e. The Balaban J connectivity index is 2.74. The average molecular weight is 285 g/mol. The number of hydrogen-bond donors (Lipinski definition) is 2. The molecule has 2 amide bonds. The van der Waals surface area contributed by atoms with E-state index in [1.807, 2.05) is 6.07 Å². The molecule has 16 heavy (non-hydrogen) atoms. The number of nitrogens with one attached hydrogen (secondary N) is 2. The highest BCUT2D eigenvalue weighted by atomic mass is 79.9. The van der Waals surface area contributed by atoms with Gasteiger partial charge in [-0.25, -0.2) is 4.79 Å². The molecule has 5 heteroatoms. The van der Waals surface area contributed by atoms with Gasteiger partial charge in [-0.2, -0.15) is 0 Å². The standard InChI is InChI=1S/C11H13BrN2O2/c1-3-6-13-11(15)14-9-7-8(12)4-5-10(9)16-2/h3-5,7H,1,6H2,2H3,(H2,13,14,15). The summed E-state index contributed by atoms with van der Waals surface area (Å²) in [6.45, 7) is 3.93. The quantitative estimate of drug-likeness (QED) is 0.836. The molecule has 0 radical (unpaired) electrons. The Morgan fingerprint density at radius 3 is 3.00 bits per heavy atom. The van der Waals surface area contributed by atoms with Gasteiger partial charge in [0.15, 0.2) is 0 Å². The zero-order valence-electron chi connectivity index (χ0n) is 8.92. The lowest BCUT2D eigenvalue weighted by Crippen LogP contribution is -2.28. The Hall–Kier alpha value is -1.49. The number of methoxy groups -OCH3 is 1. The number of anilines is 1. The summed E-state index contributed by atoms with van der Waals surface area (Å²) in [7, 11) is 1.55. The van der Waals surface area contributed by atoms with E-state index in [0.29, 0.717) is 18.0 Å². The van der Waals surface area contributed by atoms with Crippen molar-refractivity contribution in [2.45, 2.75) is 0 Å². The van der Waals surface area contributed by atoms with Crippen LogP contribution in [-0.2, 0) is 0 Å². The zero-order valence-corrected chi connectivity index (χ0v) is 10.5. The monoisotopic (exact) mass is 284 g/mol. The first-order valence-corrected chi connectivity index (χ1v) is 5.46. The molecule has 0 heterocycles. The molecular weight excluding hydrogens is 272 g/mol. The molecule has 0 bridgehead atoms. The summed E-state index contributed by atoms with van der Waals surface area (Å²) >= 11 is 3.32. The van der Waals surface area contributed by atoms with E-state index >= 15 is 0 Å². The van der Waals surface area contributed by atoms with Crippen molar-refractivity contribution in [3.8, 4) is 5.75 Å². The van der Waals surface area contributed by atoms with Crippen molar-refractivity contribution in [2.75, 3.05) is 19.0 Å². The van der Waals surface area contributed by atoms with Crippen molar-refractivity contribution in [1.82, 2.24) is 5.32 Å². The van der Waals surface area contributed by atoms with Gasteiger partial charge in [-0.05, 0) is 18.2 Å². The number of halogens is 1. The van der Waals surface area contributed by atoms with Crippen LogP contribution in [0.3, 0.4) is 0 Å². The van der Waals surface area contributed by atoms with Gasteiger partial charge in [0.1, 0.15) is 5.75 Å². The Morgan fingerprint density at radius 1 is 1.62 bits per heavy atom. The number of hydrogen-bond acceptors (Lipinski definition) is 2. The average Bonchev–Trinajstić information content (AvgIpc) is 2.27. The molecule has 1 aromatic rings. The fourth-order valence-electron chi connectivity index (χ4n) is 1.11. The van der Waals surface area contributed by atoms with Crippen LogP contribution in [0.2, 0.25) is 0 Å². The van der Waals surface area contributed by atoms with Gasteiger partial charge in [0.25, 0.3) is 0 Å². The first kappa shape index (κ1) is 12.6. The number of rotatable bonds is 4. The molecule has 4 nitrogen and oxygen atoms in total. The van der Waals surface area contributed by atoms with E-state index in [1.165, 1.54) is 0 Å². The number of carbonyl (C=O) groups excluding carboxylic acids is 1. The Kier molecular flexibility index (Phi) is 4.85. The lowest BCUT2D eigenvalue weighted by molar-refractivity contribution is 0.253. The SMILES string of the molecule is C=CCNC(=O)Nc1cc(Br)ccc1OC. The fourth-order valence-corrected chi connectivity index (χ4v) is 1.47. The van der Waals surface area contributed by atoms with Crippen molar-refractivity contribution in [1.29, 1.82) is 0 Å². The number of amides is 2. The van der Waals surface area contributed by atoms with Crippen molar-refractivity contribution >= 4 is 27.6 Å². The van der Waals surface area contributed by atoms with Crippen LogP contribution in [0, 0.1) is 0 Å². The molecule has 0 unspecified atom stereocenters. The van der Waals surface area contributed by atoms with Crippen LogP contribution in [0.25, 0.3) is 0 Å². The summed E-state index contributed by atoms with van der Waals surface area (Å²) in [5.74, 6) is 0.608. The third-order valence-corrected chi connectivity index (χ3v) is 2.31. The van der Waals surface area contributed by atoms with Crippen LogP contribution in [0.15, 0.2) is 35.3 Å². The van der Waals surface area contributed by atoms with Crippen molar-refractivity contribution in [3.63, 3.8) is 0 Å². The molecule has 0 aliphatic carbocycles. The van der Waals surface area contributed by atoms with E-state index in [4.69, 9.17) is 4.74 Å². The summed E-state index contributed by atoms with van der Waals surface area (Å²) in [5.41, 5.74) is 0.610. The molecule has 2 N–H and O–H groups in total. The number of ether oxygens (including phenoxy) is 1. The minimum absolute atomic E-state index is 0.295. The molecule has 0 spiro atoms. The third kappa shape index (κ3) is 3.58. The first-order chi connectivity index (χ1) is 7.67. The molecule has 0 saturated heterocycles. The number of benzene rings is 1. The van der Waals surface area contributed by atoms with Crippen LogP contribution in [0.5, 0.6) is 5.75 Å². The molecule has 0 atom stereocenters. The molecule has 0 saturated carbocycles. The van der Waals surface area contributed by atoms with E-state index in [-0.39, 0.29) is 6.03 Å². The van der Waals surface area contributed by atoms with E-state index in [0.717, 1.165) is 4.47 Å². The maximum Gasteiger partial charge on any atom is 0.319 e. The molecule has 1 aromatic carbocycles. The third-order valence-electron chi connectivity index (χ3n) is 1.82. The smallest absolute Gasteiger partial charge is 0.319 e. The van der Waals surface area contributed by atoms with E-state index in [9.17, 15) is 4.79 Å². The van der Waals surface area contributed by atoms with E-state index < -0.39 is 0 Å². The minimum Gasteiger partial charge on any atom is -0.495 e. The Labute approximate surface area is 103 Å². The molecule has 0 aliphatic rings. The lowest BCUT2D eigenvalue weighted by Gasteiger charge is -2.10. The van der Waals surface area contributed by atoms with E-state index in [1.54, 1.807) is 25.3 Å². The maximum absolute atomic E-state index is 11.4. The predicted octanol–water partition coefficient (Wildman–Crippen LogP) is 2.77. The van der Waals surface area contributed by atoms with Gasteiger partial charge in [-0.15, -0.1) is 6.58 Å². The molecule has 86 valence electrons. The zero-order chi connectivity index (χ0) is 12.0. The predicted molar refractivity (Wildman–Crippen MR) is 67.9 cm³/mol. The van der Waals surface area contributed by atoms with Crippen molar-refractivity contribution < 1.29 is 9.53 Å². The maximum atomic E-state index is 11.4. The molecule has 1 rings (SSSR count). The van der Waals surface area contributed by atoms with Crippen LogP contribution in [0.4, 0.5) is 10.5 Å². The van der Waals surface area contributed by atoms with Crippen LogP contribution in [0.1, 0.15) is 0 Å². The van der Waals surface area contributed by atoms with Gasteiger partial charge >= 0.3 is 6.03 Å². The first-order valence-electron chi connectivity index (χ1n) is 4.66. The minimum atomic E-state index is -0.295. The highest BCUT2D eigenvalue weighted by Gasteiger charge is 2.06. The number of carbonyl (C=O) groups is 1. The van der Waals surface area contributed by atoms with Crippen molar-refractivity contribution in [2.24, 2.45) is 0 Å². The second-order valence-corrected chi connectivity index (χ2v) is 3.88. The molecular formula is C11H13BrN2O2. The Bertz CT molecular complexity index is 394.